The van der Waals surface area contributed by atoms with Gasteiger partial charge in [-0.1, -0.05) is 13.0 Å². The summed E-state index contributed by atoms with van der Waals surface area (Å²) in [6.45, 7) is 7.62. The van der Waals surface area contributed by atoms with Gasteiger partial charge in [-0.15, -0.1) is 0 Å². The van der Waals surface area contributed by atoms with E-state index in [9.17, 15) is 5.11 Å². The first-order chi connectivity index (χ1) is 9.08. The summed E-state index contributed by atoms with van der Waals surface area (Å²) < 4.78 is 5.25. The molecule has 2 atom stereocenters. The van der Waals surface area contributed by atoms with Crippen LogP contribution in [0.5, 0.6) is 5.75 Å². The number of ether oxygens (including phenoxy) is 1. The fourth-order valence-electron chi connectivity index (χ4n) is 3.07. The molecule has 1 aromatic rings. The number of hydrogen-bond acceptors (Lipinski definition) is 3. The molecule has 1 aliphatic rings. The van der Waals surface area contributed by atoms with Crippen LogP contribution >= 0.6 is 0 Å². The number of hydrogen-bond donors (Lipinski definition) is 1. The van der Waals surface area contributed by atoms with E-state index in [0.717, 1.165) is 30.7 Å². The summed E-state index contributed by atoms with van der Waals surface area (Å²) in [7, 11) is 1.66. The van der Waals surface area contributed by atoms with Crippen LogP contribution in [-0.2, 0) is 6.42 Å². The Bertz CT molecular complexity index is 431. The van der Waals surface area contributed by atoms with Crippen molar-refractivity contribution in [2.75, 3.05) is 13.7 Å². The predicted molar refractivity (Wildman–Crippen MR) is 77.6 cm³/mol. The zero-order valence-electron chi connectivity index (χ0n) is 12.4. The lowest BCUT2D eigenvalue weighted by Crippen LogP contribution is -2.43. The van der Waals surface area contributed by atoms with Crippen LogP contribution in [0.3, 0.4) is 0 Å². The van der Waals surface area contributed by atoms with Gasteiger partial charge in [0, 0.05) is 12.1 Å². The molecule has 0 heterocycles. The molecule has 2 unspecified atom stereocenters. The lowest BCUT2D eigenvalue weighted by Gasteiger charge is -2.34. The van der Waals surface area contributed by atoms with Crippen LogP contribution in [0, 0.1) is 0 Å². The second kappa shape index (κ2) is 5.93. The lowest BCUT2D eigenvalue weighted by atomic mass is 10.1. The van der Waals surface area contributed by atoms with Gasteiger partial charge in [0.25, 0.3) is 0 Å². The molecule has 0 fully saturated rings. The highest BCUT2D eigenvalue weighted by Crippen LogP contribution is 2.37. The fraction of sp³-hybridized carbons (Fsp3) is 0.625. The number of aliphatic hydroxyl groups excluding tert-OH is 1. The highest BCUT2D eigenvalue weighted by molar-refractivity contribution is 5.41. The number of nitrogens with zero attached hydrogens (tertiary/aromatic N) is 1. The van der Waals surface area contributed by atoms with Gasteiger partial charge in [-0.05, 0) is 56.5 Å². The van der Waals surface area contributed by atoms with E-state index in [1.54, 1.807) is 7.11 Å². The Morgan fingerprint density at radius 2 is 2.16 bits per heavy atom. The van der Waals surface area contributed by atoms with Gasteiger partial charge in [-0.25, -0.2) is 0 Å². The highest BCUT2D eigenvalue weighted by atomic mass is 16.5. The van der Waals surface area contributed by atoms with Crippen molar-refractivity contribution in [2.24, 2.45) is 0 Å². The fourth-order valence-corrected chi connectivity index (χ4v) is 3.07. The molecule has 0 aliphatic heterocycles. The summed E-state index contributed by atoms with van der Waals surface area (Å²) in [5.74, 6) is 0.824. The number of aliphatic hydroxyl groups is 1. The number of methoxy groups -OCH3 is 1. The van der Waals surface area contributed by atoms with Crippen LogP contribution in [0.4, 0.5) is 0 Å². The highest BCUT2D eigenvalue weighted by Gasteiger charge is 2.35. The molecular weight excluding hydrogens is 238 g/mol. The maximum absolute atomic E-state index is 10.6. The topological polar surface area (TPSA) is 32.7 Å². The van der Waals surface area contributed by atoms with Crippen molar-refractivity contribution in [3.63, 3.8) is 0 Å². The molecule has 0 saturated heterocycles. The maximum Gasteiger partial charge on any atom is 0.119 e. The van der Waals surface area contributed by atoms with E-state index in [0.29, 0.717) is 6.04 Å². The molecule has 0 spiro atoms. The van der Waals surface area contributed by atoms with E-state index < -0.39 is 6.10 Å². The molecule has 3 nitrogen and oxygen atoms in total. The zero-order chi connectivity index (χ0) is 14.0. The Morgan fingerprint density at radius 1 is 1.42 bits per heavy atom. The third kappa shape index (κ3) is 2.77. The van der Waals surface area contributed by atoms with Crippen molar-refractivity contribution in [3.8, 4) is 5.75 Å². The van der Waals surface area contributed by atoms with Gasteiger partial charge in [0.05, 0.1) is 13.2 Å². The number of benzene rings is 1. The summed E-state index contributed by atoms with van der Waals surface area (Å²) in [4.78, 5) is 2.41. The Hall–Kier alpha value is -1.06. The van der Waals surface area contributed by atoms with Crippen molar-refractivity contribution in [1.29, 1.82) is 0 Å². The van der Waals surface area contributed by atoms with Gasteiger partial charge in [-0.2, -0.15) is 0 Å². The minimum atomic E-state index is -0.404. The van der Waals surface area contributed by atoms with Gasteiger partial charge in [0.1, 0.15) is 5.75 Å². The first kappa shape index (κ1) is 14.4. The molecule has 0 saturated carbocycles. The Balaban J connectivity index is 2.24. The van der Waals surface area contributed by atoms with Crippen LogP contribution in [0.1, 0.15) is 44.4 Å². The summed E-state index contributed by atoms with van der Waals surface area (Å²) >= 11 is 0. The number of fused-ring (bicyclic) bond motifs is 1. The van der Waals surface area contributed by atoms with E-state index in [4.69, 9.17) is 4.74 Å². The van der Waals surface area contributed by atoms with Gasteiger partial charge in [0.2, 0.25) is 0 Å². The SMILES string of the molecule is CCCN(C(C)C)C1Cc2ccc(OC)cc2C1O. The summed E-state index contributed by atoms with van der Waals surface area (Å²) in [6.07, 6.45) is 1.64. The molecule has 1 aromatic carbocycles. The van der Waals surface area contributed by atoms with Crippen molar-refractivity contribution < 1.29 is 9.84 Å². The Morgan fingerprint density at radius 3 is 2.74 bits per heavy atom. The van der Waals surface area contributed by atoms with Crippen LogP contribution in [0.2, 0.25) is 0 Å². The average molecular weight is 263 g/mol. The summed E-state index contributed by atoms with van der Waals surface area (Å²) in [5.41, 5.74) is 2.28. The smallest absolute Gasteiger partial charge is 0.119 e. The second-order valence-corrected chi connectivity index (χ2v) is 5.61. The van der Waals surface area contributed by atoms with Crippen molar-refractivity contribution in [1.82, 2.24) is 4.90 Å². The summed E-state index contributed by atoms with van der Waals surface area (Å²) in [5, 5.41) is 10.6. The normalized spacial score (nSPS) is 22.1. The van der Waals surface area contributed by atoms with Gasteiger partial charge >= 0.3 is 0 Å². The molecule has 0 amide bonds. The van der Waals surface area contributed by atoms with Crippen molar-refractivity contribution in [3.05, 3.63) is 29.3 Å². The molecule has 19 heavy (non-hydrogen) atoms. The van der Waals surface area contributed by atoms with E-state index in [1.807, 2.05) is 12.1 Å². The Labute approximate surface area is 116 Å². The minimum absolute atomic E-state index is 0.196. The first-order valence-corrected chi connectivity index (χ1v) is 7.19. The molecule has 0 bridgehead atoms. The van der Waals surface area contributed by atoms with Gasteiger partial charge in [0.15, 0.2) is 0 Å². The molecule has 0 radical (unpaired) electrons. The van der Waals surface area contributed by atoms with E-state index in [2.05, 4.69) is 31.7 Å². The molecule has 1 aliphatic carbocycles. The summed E-state index contributed by atoms with van der Waals surface area (Å²) in [6, 6.07) is 6.69. The van der Waals surface area contributed by atoms with Crippen LogP contribution in [0.25, 0.3) is 0 Å². The molecule has 2 rings (SSSR count). The third-order valence-corrected chi connectivity index (χ3v) is 4.04. The number of rotatable bonds is 5. The third-order valence-electron chi connectivity index (χ3n) is 4.04. The predicted octanol–water partition coefficient (Wildman–Crippen LogP) is 2.77. The van der Waals surface area contributed by atoms with Crippen LogP contribution in [0.15, 0.2) is 18.2 Å². The maximum atomic E-state index is 10.6. The minimum Gasteiger partial charge on any atom is -0.497 e. The second-order valence-electron chi connectivity index (χ2n) is 5.61. The largest absolute Gasteiger partial charge is 0.497 e. The van der Waals surface area contributed by atoms with Crippen molar-refractivity contribution >= 4 is 0 Å². The van der Waals surface area contributed by atoms with Gasteiger partial charge < -0.3 is 9.84 Å². The van der Waals surface area contributed by atoms with Crippen LogP contribution < -0.4 is 4.74 Å². The van der Waals surface area contributed by atoms with E-state index in [1.165, 1.54) is 5.56 Å². The molecule has 1 N–H and O–H groups in total. The average Bonchev–Trinajstić information content (AvgIpc) is 2.72. The standard InChI is InChI=1S/C16H25NO2/c1-5-8-17(11(2)3)15-9-12-6-7-13(19-4)10-14(12)16(15)18/h6-7,10-11,15-16,18H,5,8-9H2,1-4H3. The Kier molecular flexibility index (Phi) is 4.48. The molecule has 106 valence electrons. The molecular formula is C16H25NO2. The monoisotopic (exact) mass is 263 g/mol. The lowest BCUT2D eigenvalue weighted by molar-refractivity contribution is 0.0422. The first-order valence-electron chi connectivity index (χ1n) is 7.19. The van der Waals surface area contributed by atoms with Gasteiger partial charge in [-0.3, -0.25) is 4.90 Å². The molecule has 0 aromatic heterocycles. The zero-order valence-corrected chi connectivity index (χ0v) is 12.4. The van der Waals surface area contributed by atoms with E-state index in [-0.39, 0.29) is 6.04 Å². The molecule has 3 heteroatoms. The van der Waals surface area contributed by atoms with Crippen LogP contribution in [-0.4, -0.2) is 35.7 Å². The quantitative estimate of drug-likeness (QED) is 0.886. The van der Waals surface area contributed by atoms with Crippen molar-refractivity contribution in [2.45, 2.75) is 51.8 Å². The van der Waals surface area contributed by atoms with E-state index >= 15 is 0 Å².